The lowest BCUT2D eigenvalue weighted by atomic mass is 10.2. The fourth-order valence-electron chi connectivity index (χ4n) is 2.69. The molecule has 0 aromatic heterocycles. The number of hydrogen-bond donors (Lipinski definition) is 1. The van der Waals surface area contributed by atoms with Crippen LogP contribution in [0.4, 0.5) is 0 Å². The maximum atomic E-state index is 12.4. The zero-order valence-electron chi connectivity index (χ0n) is 16.6. The molecule has 0 fully saturated rings. The number of hydrogen-bond acceptors (Lipinski definition) is 4. The van der Waals surface area contributed by atoms with Crippen LogP contribution >= 0.6 is 0 Å². The lowest BCUT2D eigenvalue weighted by Crippen LogP contribution is -2.33. The van der Waals surface area contributed by atoms with E-state index >= 15 is 0 Å². The molecule has 0 aliphatic carbocycles. The largest absolute Gasteiger partial charge is 0.494 e. The van der Waals surface area contributed by atoms with Gasteiger partial charge in [-0.1, -0.05) is 30.3 Å². The molecule has 0 radical (unpaired) electrons. The van der Waals surface area contributed by atoms with Crippen molar-refractivity contribution >= 4 is 15.9 Å². The van der Waals surface area contributed by atoms with Gasteiger partial charge >= 0.3 is 0 Å². The highest BCUT2D eigenvalue weighted by atomic mass is 32.2. The first-order valence-electron chi connectivity index (χ1n) is 9.28. The second-order valence-corrected chi connectivity index (χ2v) is 8.48. The Bertz CT molecular complexity index is 883. The van der Waals surface area contributed by atoms with Crippen LogP contribution in [0, 0.1) is 13.8 Å². The van der Waals surface area contributed by atoms with E-state index in [0.717, 1.165) is 11.3 Å². The van der Waals surface area contributed by atoms with Crippen molar-refractivity contribution < 1.29 is 17.9 Å². The third-order valence-corrected chi connectivity index (χ3v) is 5.94. The van der Waals surface area contributed by atoms with Gasteiger partial charge in [0.2, 0.25) is 15.9 Å². The molecule has 0 aliphatic heterocycles. The van der Waals surface area contributed by atoms with Crippen LogP contribution in [-0.2, 0) is 14.8 Å². The van der Waals surface area contributed by atoms with Gasteiger partial charge in [0.15, 0.2) is 0 Å². The second kappa shape index (κ2) is 10.2. The van der Waals surface area contributed by atoms with Gasteiger partial charge < -0.3 is 9.64 Å². The van der Waals surface area contributed by atoms with Crippen LogP contribution < -0.4 is 9.46 Å². The van der Waals surface area contributed by atoms with Crippen LogP contribution in [0.1, 0.15) is 24.0 Å². The average molecular weight is 405 g/mol. The SMILES string of the molecule is Cc1ccc(C)c(S(=O)(=O)NCCC(=O)N(C)CCCOc2ccccc2)c1. The number of benzene rings is 2. The van der Waals surface area contributed by atoms with Crippen molar-refractivity contribution in [1.82, 2.24) is 9.62 Å². The number of amides is 1. The minimum Gasteiger partial charge on any atom is -0.494 e. The van der Waals surface area contributed by atoms with Crippen molar-refractivity contribution in [3.63, 3.8) is 0 Å². The predicted molar refractivity (Wildman–Crippen MR) is 110 cm³/mol. The minimum absolute atomic E-state index is 0.0689. The highest BCUT2D eigenvalue weighted by Gasteiger charge is 2.17. The molecule has 0 saturated heterocycles. The molecular weight excluding hydrogens is 376 g/mol. The number of aryl methyl sites for hydroxylation is 2. The summed E-state index contributed by atoms with van der Waals surface area (Å²) in [4.78, 5) is 14.1. The highest BCUT2D eigenvalue weighted by molar-refractivity contribution is 7.89. The van der Waals surface area contributed by atoms with Crippen molar-refractivity contribution in [2.75, 3.05) is 26.7 Å². The molecule has 0 aliphatic rings. The number of ether oxygens (including phenoxy) is 1. The predicted octanol–water partition coefficient (Wildman–Crippen LogP) is 2.90. The average Bonchev–Trinajstić information content (AvgIpc) is 2.67. The summed E-state index contributed by atoms with van der Waals surface area (Å²) in [6.07, 6.45) is 0.811. The van der Waals surface area contributed by atoms with Crippen LogP contribution in [0.15, 0.2) is 53.4 Å². The van der Waals surface area contributed by atoms with E-state index in [-0.39, 0.29) is 23.8 Å². The van der Waals surface area contributed by atoms with Crippen molar-refractivity contribution in [2.24, 2.45) is 0 Å². The maximum Gasteiger partial charge on any atom is 0.240 e. The van der Waals surface area contributed by atoms with E-state index in [4.69, 9.17) is 4.74 Å². The lowest BCUT2D eigenvalue weighted by Gasteiger charge is -2.17. The first-order valence-corrected chi connectivity index (χ1v) is 10.8. The Morgan fingerprint density at radius 2 is 1.82 bits per heavy atom. The molecule has 6 nitrogen and oxygen atoms in total. The zero-order chi connectivity index (χ0) is 20.6. The van der Waals surface area contributed by atoms with E-state index in [2.05, 4.69) is 4.72 Å². The molecule has 0 spiro atoms. The number of rotatable bonds is 10. The quantitative estimate of drug-likeness (QED) is 0.618. The number of nitrogens with one attached hydrogen (secondary N) is 1. The van der Waals surface area contributed by atoms with Gasteiger partial charge in [0.1, 0.15) is 5.75 Å². The van der Waals surface area contributed by atoms with Gasteiger partial charge in [-0.3, -0.25) is 4.79 Å². The number of para-hydroxylation sites is 1. The molecule has 1 amide bonds. The molecule has 0 atom stereocenters. The van der Waals surface area contributed by atoms with Crippen molar-refractivity contribution in [3.05, 3.63) is 59.7 Å². The molecule has 2 aromatic carbocycles. The van der Waals surface area contributed by atoms with Gasteiger partial charge in [-0.05, 0) is 49.6 Å². The van der Waals surface area contributed by atoms with Gasteiger partial charge in [0.25, 0.3) is 0 Å². The van der Waals surface area contributed by atoms with Crippen LogP contribution in [0.5, 0.6) is 5.75 Å². The molecule has 0 heterocycles. The van der Waals surface area contributed by atoms with E-state index in [1.165, 1.54) is 0 Å². The van der Waals surface area contributed by atoms with E-state index in [1.54, 1.807) is 31.0 Å². The van der Waals surface area contributed by atoms with Gasteiger partial charge in [0, 0.05) is 26.6 Å². The molecule has 2 aromatic rings. The molecule has 1 N–H and O–H groups in total. The summed E-state index contributed by atoms with van der Waals surface area (Å²) in [5, 5.41) is 0. The van der Waals surface area contributed by atoms with Crippen LogP contribution in [0.3, 0.4) is 0 Å². The second-order valence-electron chi connectivity index (χ2n) is 6.75. The third-order valence-electron chi connectivity index (χ3n) is 4.34. The number of sulfonamides is 1. The monoisotopic (exact) mass is 404 g/mol. The Morgan fingerprint density at radius 3 is 2.54 bits per heavy atom. The van der Waals surface area contributed by atoms with E-state index in [1.807, 2.05) is 43.3 Å². The Hall–Kier alpha value is -2.38. The molecule has 0 unspecified atom stereocenters. The van der Waals surface area contributed by atoms with Gasteiger partial charge in [-0.25, -0.2) is 13.1 Å². The summed E-state index contributed by atoms with van der Waals surface area (Å²) >= 11 is 0. The summed E-state index contributed by atoms with van der Waals surface area (Å²) in [5.74, 6) is 0.695. The standard InChI is InChI=1S/C21H28N2O4S/c1-17-10-11-18(2)20(16-17)28(25,26)22-13-12-21(24)23(3)14-7-15-27-19-8-5-4-6-9-19/h4-6,8-11,16,22H,7,12-15H2,1-3H3. The van der Waals surface area contributed by atoms with Gasteiger partial charge in [-0.15, -0.1) is 0 Å². The summed E-state index contributed by atoms with van der Waals surface area (Å²) in [7, 11) is -1.91. The topological polar surface area (TPSA) is 75.7 Å². The van der Waals surface area contributed by atoms with Crippen molar-refractivity contribution in [2.45, 2.75) is 31.6 Å². The lowest BCUT2D eigenvalue weighted by molar-refractivity contribution is -0.129. The Kier molecular flexibility index (Phi) is 8.02. The van der Waals surface area contributed by atoms with Crippen LogP contribution in [0.2, 0.25) is 0 Å². The van der Waals surface area contributed by atoms with E-state index < -0.39 is 10.0 Å². The van der Waals surface area contributed by atoms with E-state index in [9.17, 15) is 13.2 Å². The minimum atomic E-state index is -3.63. The van der Waals surface area contributed by atoms with Gasteiger partial charge in [-0.2, -0.15) is 0 Å². The smallest absolute Gasteiger partial charge is 0.240 e. The van der Waals surface area contributed by atoms with Crippen LogP contribution in [-0.4, -0.2) is 46.0 Å². The summed E-state index contributed by atoms with van der Waals surface area (Å²) < 4.78 is 33.0. The number of carbonyl (C=O) groups is 1. The van der Waals surface area contributed by atoms with E-state index in [0.29, 0.717) is 25.1 Å². The molecule has 0 saturated carbocycles. The third kappa shape index (κ3) is 6.65. The highest BCUT2D eigenvalue weighted by Crippen LogP contribution is 2.16. The summed E-state index contributed by atoms with van der Waals surface area (Å²) in [5.41, 5.74) is 1.56. The molecule has 0 bridgehead atoms. The Labute approximate surface area is 167 Å². The molecule has 28 heavy (non-hydrogen) atoms. The van der Waals surface area contributed by atoms with Gasteiger partial charge in [0.05, 0.1) is 11.5 Å². The Morgan fingerprint density at radius 1 is 1.11 bits per heavy atom. The number of carbonyl (C=O) groups excluding carboxylic acids is 1. The first kappa shape index (κ1) is 21.9. The summed E-state index contributed by atoms with van der Waals surface area (Å²) in [6, 6.07) is 14.8. The first-order chi connectivity index (χ1) is 13.3. The zero-order valence-corrected chi connectivity index (χ0v) is 17.5. The number of nitrogens with zero attached hydrogens (tertiary/aromatic N) is 1. The van der Waals surface area contributed by atoms with Crippen LogP contribution in [0.25, 0.3) is 0 Å². The molecule has 152 valence electrons. The summed E-state index contributed by atoms with van der Waals surface area (Å²) in [6.45, 7) is 4.73. The van der Waals surface area contributed by atoms with Crippen molar-refractivity contribution in [3.8, 4) is 5.75 Å². The molecule has 2 rings (SSSR count). The van der Waals surface area contributed by atoms with Crippen molar-refractivity contribution in [1.29, 1.82) is 0 Å². The fourth-order valence-corrected chi connectivity index (χ4v) is 4.05. The normalized spacial score (nSPS) is 11.2. The fraction of sp³-hybridized carbons (Fsp3) is 0.381. The Balaban J connectivity index is 1.73. The maximum absolute atomic E-state index is 12.4. The molecule has 7 heteroatoms. The molecular formula is C21H28N2O4S.